The van der Waals surface area contributed by atoms with Crippen LogP contribution in [-0.2, 0) is 0 Å². The Morgan fingerprint density at radius 1 is 1.10 bits per heavy atom. The summed E-state index contributed by atoms with van der Waals surface area (Å²) < 4.78 is 5.02. The minimum absolute atomic E-state index is 0.671. The minimum Gasteiger partial charge on any atom is -0.358 e. The van der Waals surface area contributed by atoms with Crippen molar-refractivity contribution in [2.24, 2.45) is 0 Å². The first-order valence-corrected chi connectivity index (χ1v) is 11.6. The molecule has 0 saturated heterocycles. The van der Waals surface area contributed by atoms with Gasteiger partial charge in [0.15, 0.2) is 8.24 Å². The molecule has 0 fully saturated rings. The lowest BCUT2D eigenvalue weighted by Gasteiger charge is -2.44. The largest absolute Gasteiger partial charge is 0.358 e. The topological polar surface area (TPSA) is 17.8 Å². The van der Waals surface area contributed by atoms with Gasteiger partial charge in [0.2, 0.25) is 0 Å². The summed E-state index contributed by atoms with van der Waals surface area (Å²) in [6, 6.07) is 2.04. The van der Waals surface area contributed by atoms with Crippen LogP contribution in [0.5, 0.6) is 0 Å². The van der Waals surface area contributed by atoms with Gasteiger partial charge in [-0.2, -0.15) is 0 Å². The predicted octanol–water partition coefficient (Wildman–Crippen LogP) is 6.43. The highest BCUT2D eigenvalue weighted by Gasteiger charge is 2.46. The zero-order valence-electron chi connectivity index (χ0n) is 13.6. The summed E-state index contributed by atoms with van der Waals surface area (Å²) in [5.74, 6) is 0. The van der Waals surface area contributed by atoms with Gasteiger partial charge in [-0.15, -0.1) is 0 Å². The van der Waals surface area contributed by atoms with Crippen molar-refractivity contribution in [3.8, 4) is 0 Å². The molecule has 0 spiro atoms. The lowest BCUT2D eigenvalue weighted by Crippen LogP contribution is -2.51. The molecule has 0 aromatic carbocycles. The second kappa shape index (κ2) is 6.32. The van der Waals surface area contributed by atoms with Crippen molar-refractivity contribution in [2.75, 3.05) is 0 Å². The molecule has 0 atom stereocenters. The van der Waals surface area contributed by atoms with Crippen LogP contribution in [0, 0.1) is 3.57 Å². The van der Waals surface area contributed by atoms with Gasteiger partial charge in [0.1, 0.15) is 5.65 Å². The highest BCUT2D eigenvalue weighted by molar-refractivity contribution is 14.1. The fraction of sp³-hybridized carbons (Fsp3) is 0.562. The molecule has 0 amide bonds. The molecule has 0 radical (unpaired) electrons. The van der Waals surface area contributed by atoms with Gasteiger partial charge in [-0.05, 0) is 61.2 Å². The zero-order valence-corrected chi connectivity index (χ0v) is 18.4. The number of rotatable bonds is 4. The van der Waals surface area contributed by atoms with E-state index in [0.29, 0.717) is 16.6 Å². The average molecular weight is 479 g/mol. The fourth-order valence-electron chi connectivity index (χ4n) is 4.20. The SMILES string of the molecule is CC(C)[Si](C(C)C)(C(C)C)n1cc(I)c2c(Br)ccnc21. The fourth-order valence-corrected chi connectivity index (χ4v) is 12.7. The maximum atomic E-state index is 4.74. The van der Waals surface area contributed by atoms with E-state index in [1.165, 1.54) is 8.96 Å². The van der Waals surface area contributed by atoms with Gasteiger partial charge in [-0.1, -0.05) is 41.5 Å². The third-order valence-corrected chi connectivity index (χ3v) is 13.0. The summed E-state index contributed by atoms with van der Waals surface area (Å²) in [5, 5.41) is 1.26. The van der Waals surface area contributed by atoms with Gasteiger partial charge in [-0.25, -0.2) is 4.98 Å². The summed E-state index contributed by atoms with van der Waals surface area (Å²) in [4.78, 5) is 4.74. The Balaban J connectivity index is 2.87. The van der Waals surface area contributed by atoms with E-state index in [9.17, 15) is 0 Å². The molecule has 21 heavy (non-hydrogen) atoms. The maximum Gasteiger partial charge on any atom is 0.171 e. The quantitative estimate of drug-likeness (QED) is 0.365. The van der Waals surface area contributed by atoms with Crippen LogP contribution in [0.3, 0.4) is 0 Å². The first-order valence-electron chi connectivity index (χ1n) is 7.56. The molecule has 2 aromatic rings. The molecule has 0 aliphatic carbocycles. The second-order valence-corrected chi connectivity index (χ2v) is 14.4. The summed E-state index contributed by atoms with van der Waals surface area (Å²) in [5.41, 5.74) is 3.16. The van der Waals surface area contributed by atoms with Crippen molar-refractivity contribution in [1.29, 1.82) is 0 Å². The van der Waals surface area contributed by atoms with Crippen LogP contribution in [0.1, 0.15) is 41.5 Å². The molecule has 0 unspecified atom stereocenters. The summed E-state index contributed by atoms with van der Waals surface area (Å²) in [6.07, 6.45) is 4.26. The average Bonchev–Trinajstić information content (AvgIpc) is 2.68. The monoisotopic (exact) mass is 478 g/mol. The second-order valence-electron chi connectivity index (χ2n) is 6.69. The Bertz CT molecular complexity index is 627. The molecule has 0 aliphatic heterocycles. The molecular weight excluding hydrogens is 455 g/mol. The van der Waals surface area contributed by atoms with Crippen LogP contribution in [0.2, 0.25) is 16.6 Å². The highest BCUT2D eigenvalue weighted by atomic mass is 127. The predicted molar refractivity (Wildman–Crippen MR) is 107 cm³/mol. The Morgan fingerprint density at radius 3 is 2.10 bits per heavy atom. The van der Waals surface area contributed by atoms with Gasteiger partial charge in [0, 0.05) is 25.8 Å². The molecule has 2 aromatic heterocycles. The smallest absolute Gasteiger partial charge is 0.171 e. The standard InChI is InChI=1S/C16H24BrIN2Si/c1-10(2)21(11(3)4,12(5)6)20-9-14(18)15-13(17)7-8-19-16(15)20/h7-12H,1-6H3. The van der Waals surface area contributed by atoms with Gasteiger partial charge >= 0.3 is 0 Å². The Morgan fingerprint density at radius 2 is 1.62 bits per heavy atom. The van der Waals surface area contributed by atoms with Gasteiger partial charge in [0.25, 0.3) is 0 Å². The van der Waals surface area contributed by atoms with E-state index in [0.717, 1.165) is 10.1 Å². The van der Waals surface area contributed by atoms with Gasteiger partial charge < -0.3 is 4.23 Å². The van der Waals surface area contributed by atoms with Crippen molar-refractivity contribution in [3.63, 3.8) is 0 Å². The molecule has 0 saturated carbocycles. The van der Waals surface area contributed by atoms with E-state index in [-0.39, 0.29) is 0 Å². The normalized spacial score (nSPS) is 13.1. The van der Waals surface area contributed by atoms with Crippen molar-refractivity contribution in [1.82, 2.24) is 9.22 Å². The molecule has 0 bridgehead atoms. The van der Waals surface area contributed by atoms with Crippen LogP contribution in [-0.4, -0.2) is 17.5 Å². The zero-order chi connectivity index (χ0) is 15.9. The lowest BCUT2D eigenvalue weighted by molar-refractivity contribution is 0.770. The van der Waals surface area contributed by atoms with E-state index in [1.807, 2.05) is 12.3 Å². The van der Waals surface area contributed by atoms with Crippen LogP contribution in [0.15, 0.2) is 22.9 Å². The van der Waals surface area contributed by atoms with Crippen molar-refractivity contribution in [3.05, 3.63) is 26.5 Å². The van der Waals surface area contributed by atoms with E-state index < -0.39 is 8.24 Å². The Labute approximate surface area is 151 Å². The number of nitrogens with zero attached hydrogens (tertiary/aromatic N) is 2. The van der Waals surface area contributed by atoms with Crippen molar-refractivity contribution < 1.29 is 0 Å². The first-order chi connectivity index (χ1) is 9.74. The van der Waals surface area contributed by atoms with Crippen LogP contribution < -0.4 is 0 Å². The van der Waals surface area contributed by atoms with Crippen molar-refractivity contribution in [2.45, 2.75) is 58.2 Å². The van der Waals surface area contributed by atoms with E-state index in [4.69, 9.17) is 4.98 Å². The molecule has 2 heterocycles. The molecule has 0 N–H and O–H groups in total. The number of fused-ring (bicyclic) bond motifs is 1. The minimum atomic E-state index is -1.74. The number of hydrogen-bond acceptors (Lipinski definition) is 1. The summed E-state index contributed by atoms with van der Waals surface area (Å²) in [6.45, 7) is 14.4. The number of pyridine rings is 1. The molecule has 2 rings (SSSR count). The van der Waals surface area contributed by atoms with Gasteiger partial charge in [0.05, 0.1) is 0 Å². The maximum absolute atomic E-state index is 4.74. The summed E-state index contributed by atoms with van der Waals surface area (Å²) in [7, 11) is -1.74. The Hall–Kier alpha value is 0.117. The number of halogens is 2. The van der Waals surface area contributed by atoms with Crippen LogP contribution >= 0.6 is 38.5 Å². The molecule has 116 valence electrons. The molecule has 2 nitrogen and oxygen atoms in total. The lowest BCUT2D eigenvalue weighted by atomic mass is 10.3. The van der Waals surface area contributed by atoms with Gasteiger partial charge in [-0.3, -0.25) is 0 Å². The van der Waals surface area contributed by atoms with Crippen LogP contribution in [0.25, 0.3) is 11.0 Å². The van der Waals surface area contributed by atoms with E-state index >= 15 is 0 Å². The number of hydrogen-bond donors (Lipinski definition) is 0. The third kappa shape index (κ3) is 2.63. The first kappa shape index (κ1) is 17.5. The Kier molecular flexibility index (Phi) is 5.25. The summed E-state index contributed by atoms with van der Waals surface area (Å²) >= 11 is 6.14. The highest BCUT2D eigenvalue weighted by Crippen LogP contribution is 2.45. The molecule has 0 aliphatic rings. The number of aromatic nitrogens is 2. The van der Waals surface area contributed by atoms with E-state index in [2.05, 4.69) is 90.5 Å². The van der Waals surface area contributed by atoms with E-state index in [1.54, 1.807) is 0 Å². The van der Waals surface area contributed by atoms with Crippen LogP contribution in [0.4, 0.5) is 0 Å². The third-order valence-electron chi connectivity index (χ3n) is 4.78. The molecule has 5 heteroatoms. The van der Waals surface area contributed by atoms with Crippen molar-refractivity contribution >= 4 is 57.8 Å². The molecular formula is C16H24BrIN2Si.